The summed E-state index contributed by atoms with van der Waals surface area (Å²) in [6, 6.07) is 4.10. The summed E-state index contributed by atoms with van der Waals surface area (Å²) >= 11 is 0. The Morgan fingerprint density at radius 2 is 1.81 bits per heavy atom. The van der Waals surface area contributed by atoms with Crippen LogP contribution in [0.5, 0.6) is 5.75 Å². The van der Waals surface area contributed by atoms with Crippen molar-refractivity contribution in [3.8, 4) is 5.75 Å². The van der Waals surface area contributed by atoms with Crippen LogP contribution in [0.15, 0.2) is 36.2 Å². The fourth-order valence-electron chi connectivity index (χ4n) is 0.976. The Bertz CT molecular complexity index is 365. The van der Waals surface area contributed by atoms with Gasteiger partial charge in [0, 0.05) is 0 Å². The van der Waals surface area contributed by atoms with Crippen LogP contribution >= 0.6 is 0 Å². The summed E-state index contributed by atoms with van der Waals surface area (Å²) < 4.78 is 54.1. The second kappa shape index (κ2) is 5.01. The zero-order chi connectivity index (χ0) is 12.2. The highest BCUT2D eigenvalue weighted by molar-refractivity contribution is 5.29. The molecule has 88 valence electrons. The third kappa shape index (κ3) is 3.56. The van der Waals surface area contributed by atoms with Crippen LogP contribution in [0.25, 0.3) is 0 Å². The van der Waals surface area contributed by atoms with Gasteiger partial charge in [-0.25, -0.2) is 4.39 Å². The van der Waals surface area contributed by atoms with Gasteiger partial charge in [-0.1, -0.05) is 6.08 Å². The van der Waals surface area contributed by atoms with Crippen molar-refractivity contribution < 1.29 is 22.3 Å². The Kier molecular flexibility index (Phi) is 3.93. The highest BCUT2D eigenvalue weighted by Crippen LogP contribution is 2.30. The number of benzene rings is 1. The maximum atomic E-state index is 12.6. The largest absolute Gasteiger partial charge is 0.487 e. The van der Waals surface area contributed by atoms with Crippen LogP contribution in [0.3, 0.4) is 0 Å². The minimum absolute atomic E-state index is 0.199. The van der Waals surface area contributed by atoms with Gasteiger partial charge in [-0.3, -0.25) is 0 Å². The fraction of sp³-hybridized carbons (Fsp3) is 0.273. The van der Waals surface area contributed by atoms with Gasteiger partial charge < -0.3 is 4.74 Å². The number of allylic oxidation sites excluding steroid dienone is 1. The number of ether oxygens (including phenoxy) is 1. The van der Waals surface area contributed by atoms with Crippen LogP contribution in [-0.2, 0) is 6.18 Å². The second-order valence-corrected chi connectivity index (χ2v) is 3.05. The number of hydrogen-bond donors (Lipinski definition) is 0. The third-order valence-electron chi connectivity index (χ3n) is 1.87. The van der Waals surface area contributed by atoms with Crippen molar-refractivity contribution in [1.29, 1.82) is 0 Å². The molecule has 0 heterocycles. The molecule has 1 nitrogen and oxygen atoms in total. The molecule has 0 unspecified atom stereocenters. The Hall–Kier alpha value is -1.52. The van der Waals surface area contributed by atoms with Gasteiger partial charge in [0.05, 0.1) is 5.56 Å². The third-order valence-corrected chi connectivity index (χ3v) is 1.87. The molecule has 0 amide bonds. The number of alkyl halides is 3. The monoisotopic (exact) mass is 234 g/mol. The summed E-state index contributed by atoms with van der Waals surface area (Å²) in [6.45, 7) is 1.23. The smallest absolute Gasteiger partial charge is 0.416 e. The quantitative estimate of drug-likeness (QED) is 0.719. The molecule has 5 heteroatoms. The first-order valence-corrected chi connectivity index (χ1v) is 4.54. The lowest BCUT2D eigenvalue weighted by molar-refractivity contribution is -0.137. The van der Waals surface area contributed by atoms with Crippen LogP contribution in [0.1, 0.15) is 12.5 Å². The molecule has 0 aliphatic rings. The first kappa shape index (κ1) is 12.5. The Balaban J connectivity index is 2.65. The highest BCUT2D eigenvalue weighted by Gasteiger charge is 2.29. The molecule has 0 aliphatic heterocycles. The molecule has 0 aromatic heterocycles. The van der Waals surface area contributed by atoms with Crippen molar-refractivity contribution in [1.82, 2.24) is 0 Å². The van der Waals surface area contributed by atoms with E-state index in [0.29, 0.717) is 0 Å². The molecule has 0 fully saturated rings. The van der Waals surface area contributed by atoms with E-state index in [9.17, 15) is 17.6 Å². The van der Waals surface area contributed by atoms with Crippen LogP contribution in [-0.4, -0.2) is 6.61 Å². The first-order valence-electron chi connectivity index (χ1n) is 4.54. The van der Waals surface area contributed by atoms with Crippen LogP contribution in [0, 0.1) is 0 Å². The minimum atomic E-state index is -4.37. The maximum Gasteiger partial charge on any atom is 0.416 e. The Labute approximate surface area is 90.3 Å². The molecule has 1 aromatic carbocycles. The fourth-order valence-corrected chi connectivity index (χ4v) is 0.976. The summed E-state index contributed by atoms with van der Waals surface area (Å²) in [4.78, 5) is 0. The normalized spacial score (nSPS) is 12.7. The lowest BCUT2D eigenvalue weighted by Crippen LogP contribution is -2.04. The summed E-state index contributed by atoms with van der Waals surface area (Å²) in [6.07, 6.45) is -3.14. The average Bonchev–Trinajstić information content (AvgIpc) is 2.25. The zero-order valence-electron chi connectivity index (χ0n) is 8.51. The van der Waals surface area contributed by atoms with E-state index in [1.807, 2.05) is 0 Å². The van der Waals surface area contributed by atoms with Gasteiger partial charge in [0.25, 0.3) is 0 Å². The molecule has 0 N–H and O–H groups in total. The zero-order valence-corrected chi connectivity index (χ0v) is 8.51. The van der Waals surface area contributed by atoms with E-state index in [4.69, 9.17) is 4.74 Å². The van der Waals surface area contributed by atoms with Crippen LogP contribution in [0.4, 0.5) is 17.6 Å². The number of hydrogen-bond acceptors (Lipinski definition) is 1. The van der Waals surface area contributed by atoms with Crippen molar-refractivity contribution in [3.05, 3.63) is 41.7 Å². The molecule has 0 aliphatic carbocycles. The lowest BCUT2D eigenvalue weighted by atomic mass is 10.2. The van der Waals surface area contributed by atoms with Gasteiger partial charge in [-0.15, -0.1) is 0 Å². The van der Waals surface area contributed by atoms with Crippen molar-refractivity contribution in [3.63, 3.8) is 0 Å². The van der Waals surface area contributed by atoms with Crippen molar-refractivity contribution in [2.24, 2.45) is 0 Å². The predicted molar refractivity (Wildman–Crippen MR) is 51.8 cm³/mol. The molecule has 0 radical (unpaired) electrons. The molecule has 0 atom stereocenters. The minimum Gasteiger partial charge on any atom is -0.487 e. The predicted octanol–water partition coefficient (Wildman–Crippen LogP) is 3.96. The number of halogens is 4. The maximum absolute atomic E-state index is 12.6. The summed E-state index contributed by atoms with van der Waals surface area (Å²) in [5, 5.41) is 0. The molecular formula is C11H10F4O. The SMILES string of the molecule is C/C=C(/F)COc1ccc(C(F)(F)F)cc1. The average molecular weight is 234 g/mol. The van der Waals surface area contributed by atoms with Gasteiger partial charge in [0.15, 0.2) is 0 Å². The van der Waals surface area contributed by atoms with Gasteiger partial charge in [-0.2, -0.15) is 13.2 Å². The number of rotatable bonds is 3. The second-order valence-electron chi connectivity index (χ2n) is 3.05. The Morgan fingerprint density at radius 1 is 1.25 bits per heavy atom. The van der Waals surface area contributed by atoms with E-state index in [2.05, 4.69) is 0 Å². The van der Waals surface area contributed by atoms with Gasteiger partial charge in [0.2, 0.25) is 0 Å². The van der Waals surface area contributed by atoms with E-state index >= 15 is 0 Å². The molecule has 0 spiro atoms. The summed E-state index contributed by atoms with van der Waals surface area (Å²) in [5.41, 5.74) is -0.758. The van der Waals surface area contributed by atoms with Crippen molar-refractivity contribution in [2.45, 2.75) is 13.1 Å². The van der Waals surface area contributed by atoms with Gasteiger partial charge in [-0.05, 0) is 31.2 Å². The molecule has 0 saturated carbocycles. The topological polar surface area (TPSA) is 9.23 Å². The van der Waals surface area contributed by atoms with Crippen LogP contribution < -0.4 is 4.74 Å². The molecule has 16 heavy (non-hydrogen) atoms. The molecule has 1 rings (SSSR count). The molecule has 0 bridgehead atoms. The van der Waals surface area contributed by atoms with E-state index in [1.165, 1.54) is 13.0 Å². The van der Waals surface area contributed by atoms with Crippen LogP contribution in [0.2, 0.25) is 0 Å². The lowest BCUT2D eigenvalue weighted by Gasteiger charge is -2.08. The molecule has 0 saturated heterocycles. The Morgan fingerprint density at radius 3 is 2.25 bits per heavy atom. The first-order chi connectivity index (χ1) is 7.43. The van der Waals surface area contributed by atoms with Crippen molar-refractivity contribution >= 4 is 0 Å². The molecular weight excluding hydrogens is 224 g/mol. The molecule has 1 aromatic rings. The van der Waals surface area contributed by atoms with Gasteiger partial charge >= 0.3 is 6.18 Å². The van der Waals surface area contributed by atoms with E-state index in [1.54, 1.807) is 0 Å². The summed E-state index contributed by atoms with van der Waals surface area (Å²) in [7, 11) is 0. The van der Waals surface area contributed by atoms with Gasteiger partial charge in [0.1, 0.15) is 18.2 Å². The van der Waals surface area contributed by atoms with E-state index in [-0.39, 0.29) is 12.4 Å². The standard InChI is InChI=1S/C11H10F4O/c1-2-9(12)7-16-10-5-3-8(4-6-10)11(13,14)15/h2-6H,7H2,1H3/b9-2+. The van der Waals surface area contributed by atoms with Crippen molar-refractivity contribution in [2.75, 3.05) is 6.61 Å². The van der Waals surface area contributed by atoms with E-state index < -0.39 is 17.6 Å². The summed E-state index contributed by atoms with van der Waals surface area (Å²) in [5.74, 6) is -0.273. The highest BCUT2D eigenvalue weighted by atomic mass is 19.4. The van der Waals surface area contributed by atoms with E-state index in [0.717, 1.165) is 24.3 Å².